The van der Waals surface area contributed by atoms with Gasteiger partial charge in [-0.15, -0.1) is 0 Å². The minimum atomic E-state index is 0.0939. The van der Waals surface area contributed by atoms with E-state index in [0.717, 1.165) is 51.0 Å². The number of benzene rings is 1. The fraction of sp³-hybridized carbons (Fsp3) is 0.562. The van der Waals surface area contributed by atoms with Gasteiger partial charge in [-0.3, -0.25) is 9.69 Å². The fourth-order valence-corrected chi connectivity index (χ4v) is 3.16. The standard InChI is InChI=1S/C16H22Cl2N2O/c1-2-7-19-16(21)13-4-3-8-20(11-13)10-12-5-6-14(17)9-15(12)18/h5-6,9,13H,2-4,7-8,10-11H2,1H3,(H,19,21)/t13-/m1/s1. The summed E-state index contributed by atoms with van der Waals surface area (Å²) in [6.45, 7) is 5.41. The zero-order valence-corrected chi connectivity index (χ0v) is 13.9. The summed E-state index contributed by atoms with van der Waals surface area (Å²) in [5.41, 5.74) is 1.07. The molecule has 3 nitrogen and oxygen atoms in total. The third kappa shape index (κ3) is 4.87. The average Bonchev–Trinajstić information content (AvgIpc) is 2.48. The number of carbonyl (C=O) groups excluding carboxylic acids is 1. The lowest BCUT2D eigenvalue weighted by Gasteiger charge is -2.32. The predicted molar refractivity (Wildman–Crippen MR) is 87.8 cm³/mol. The molecule has 1 N–H and O–H groups in total. The SMILES string of the molecule is CCCNC(=O)[C@@H]1CCCN(Cc2ccc(Cl)cc2Cl)C1. The molecule has 1 aliphatic heterocycles. The van der Waals surface area contributed by atoms with Crippen LogP contribution in [0.15, 0.2) is 18.2 Å². The first kappa shape index (κ1) is 16.6. The first-order valence-corrected chi connectivity index (χ1v) is 8.29. The van der Waals surface area contributed by atoms with E-state index in [4.69, 9.17) is 23.2 Å². The molecule has 1 heterocycles. The Labute approximate surface area is 136 Å². The van der Waals surface area contributed by atoms with Crippen molar-refractivity contribution in [2.75, 3.05) is 19.6 Å². The molecule has 1 fully saturated rings. The molecular weight excluding hydrogens is 307 g/mol. The third-order valence-electron chi connectivity index (χ3n) is 3.83. The number of hydrogen-bond donors (Lipinski definition) is 1. The number of carbonyl (C=O) groups is 1. The Balaban J connectivity index is 1.93. The van der Waals surface area contributed by atoms with Gasteiger partial charge in [0, 0.05) is 29.7 Å². The van der Waals surface area contributed by atoms with Crippen molar-refractivity contribution in [2.45, 2.75) is 32.7 Å². The van der Waals surface area contributed by atoms with Crippen molar-refractivity contribution in [3.63, 3.8) is 0 Å². The van der Waals surface area contributed by atoms with E-state index in [2.05, 4.69) is 17.1 Å². The minimum absolute atomic E-state index is 0.0939. The van der Waals surface area contributed by atoms with Crippen LogP contribution in [0.25, 0.3) is 0 Å². The fourth-order valence-electron chi connectivity index (χ4n) is 2.70. The zero-order chi connectivity index (χ0) is 15.2. The summed E-state index contributed by atoms with van der Waals surface area (Å²) in [6.07, 6.45) is 3.00. The largest absolute Gasteiger partial charge is 0.356 e. The van der Waals surface area contributed by atoms with Gasteiger partial charge in [0.1, 0.15) is 0 Å². The summed E-state index contributed by atoms with van der Waals surface area (Å²) in [5.74, 6) is 0.278. The van der Waals surface area contributed by atoms with Crippen molar-refractivity contribution in [1.29, 1.82) is 0 Å². The number of hydrogen-bond acceptors (Lipinski definition) is 2. The van der Waals surface area contributed by atoms with Crippen molar-refractivity contribution in [3.05, 3.63) is 33.8 Å². The number of rotatable bonds is 5. The normalized spacial score (nSPS) is 19.5. The lowest BCUT2D eigenvalue weighted by atomic mass is 9.96. The average molecular weight is 329 g/mol. The minimum Gasteiger partial charge on any atom is -0.356 e. The highest BCUT2D eigenvalue weighted by atomic mass is 35.5. The van der Waals surface area contributed by atoms with Crippen LogP contribution in [-0.2, 0) is 11.3 Å². The van der Waals surface area contributed by atoms with Gasteiger partial charge in [0.05, 0.1) is 5.92 Å². The van der Waals surface area contributed by atoms with Crippen LogP contribution in [0.4, 0.5) is 0 Å². The van der Waals surface area contributed by atoms with Crippen LogP contribution in [0.3, 0.4) is 0 Å². The first-order valence-electron chi connectivity index (χ1n) is 7.54. The van der Waals surface area contributed by atoms with Crippen LogP contribution < -0.4 is 5.32 Å². The molecule has 1 aromatic carbocycles. The zero-order valence-electron chi connectivity index (χ0n) is 12.4. The van der Waals surface area contributed by atoms with Gasteiger partial charge in [-0.25, -0.2) is 0 Å². The Morgan fingerprint density at radius 1 is 1.43 bits per heavy atom. The van der Waals surface area contributed by atoms with Gasteiger partial charge < -0.3 is 5.32 Å². The number of nitrogens with zero attached hydrogens (tertiary/aromatic N) is 1. The van der Waals surface area contributed by atoms with E-state index >= 15 is 0 Å². The highest BCUT2D eigenvalue weighted by molar-refractivity contribution is 6.35. The molecule has 116 valence electrons. The molecule has 1 aromatic rings. The number of halogens is 2. The summed E-state index contributed by atoms with van der Waals surface area (Å²) in [4.78, 5) is 14.4. The smallest absolute Gasteiger partial charge is 0.224 e. The van der Waals surface area contributed by atoms with Gasteiger partial charge in [0.2, 0.25) is 5.91 Å². The molecule has 0 bridgehead atoms. The molecule has 0 radical (unpaired) electrons. The molecule has 0 aliphatic carbocycles. The summed E-state index contributed by atoms with van der Waals surface area (Å²) < 4.78 is 0. The van der Waals surface area contributed by atoms with Crippen LogP contribution in [0.2, 0.25) is 10.0 Å². The number of likely N-dealkylation sites (tertiary alicyclic amines) is 1. The maximum absolute atomic E-state index is 12.1. The highest BCUT2D eigenvalue weighted by Gasteiger charge is 2.25. The second-order valence-corrected chi connectivity index (χ2v) is 6.44. The molecule has 1 aliphatic rings. The molecule has 0 unspecified atom stereocenters. The molecule has 1 saturated heterocycles. The number of piperidine rings is 1. The van der Waals surface area contributed by atoms with Gasteiger partial charge in [-0.2, -0.15) is 0 Å². The molecule has 21 heavy (non-hydrogen) atoms. The molecule has 0 saturated carbocycles. The Kier molecular flexibility index (Phi) is 6.34. The van der Waals surface area contributed by atoms with Crippen molar-refractivity contribution in [1.82, 2.24) is 10.2 Å². The van der Waals surface area contributed by atoms with E-state index in [1.807, 2.05) is 12.1 Å². The van der Waals surface area contributed by atoms with E-state index in [0.29, 0.717) is 10.0 Å². The molecule has 1 amide bonds. The monoisotopic (exact) mass is 328 g/mol. The molecule has 2 rings (SSSR count). The maximum Gasteiger partial charge on any atom is 0.224 e. The quantitative estimate of drug-likeness (QED) is 0.893. The van der Waals surface area contributed by atoms with E-state index in [1.54, 1.807) is 6.07 Å². The predicted octanol–water partition coefficient (Wildman–Crippen LogP) is 3.73. The third-order valence-corrected chi connectivity index (χ3v) is 4.42. The van der Waals surface area contributed by atoms with Gasteiger partial charge in [-0.1, -0.05) is 36.2 Å². The van der Waals surface area contributed by atoms with Crippen LogP contribution >= 0.6 is 23.2 Å². The van der Waals surface area contributed by atoms with Crippen molar-refractivity contribution < 1.29 is 4.79 Å². The van der Waals surface area contributed by atoms with Gasteiger partial charge in [-0.05, 0) is 43.5 Å². The van der Waals surface area contributed by atoms with Crippen LogP contribution in [0.5, 0.6) is 0 Å². The second-order valence-electron chi connectivity index (χ2n) is 5.60. The Morgan fingerprint density at radius 2 is 2.24 bits per heavy atom. The van der Waals surface area contributed by atoms with Gasteiger partial charge >= 0.3 is 0 Å². The van der Waals surface area contributed by atoms with Crippen LogP contribution in [-0.4, -0.2) is 30.4 Å². The summed E-state index contributed by atoms with van der Waals surface area (Å²) in [6, 6.07) is 5.59. The lowest BCUT2D eigenvalue weighted by molar-refractivity contribution is -0.126. The van der Waals surface area contributed by atoms with E-state index in [1.165, 1.54) is 0 Å². The summed E-state index contributed by atoms with van der Waals surface area (Å²) >= 11 is 12.1. The van der Waals surface area contributed by atoms with E-state index < -0.39 is 0 Å². The Morgan fingerprint density at radius 3 is 2.95 bits per heavy atom. The molecule has 0 aromatic heterocycles. The van der Waals surface area contributed by atoms with E-state index in [-0.39, 0.29) is 11.8 Å². The molecular formula is C16H22Cl2N2O. The second kappa shape index (κ2) is 8.02. The Hall–Kier alpha value is -0.770. The van der Waals surface area contributed by atoms with Crippen molar-refractivity contribution in [3.8, 4) is 0 Å². The van der Waals surface area contributed by atoms with E-state index in [9.17, 15) is 4.79 Å². The Bertz CT molecular complexity index is 493. The summed E-state index contributed by atoms with van der Waals surface area (Å²) in [5, 5.41) is 4.34. The molecule has 5 heteroatoms. The van der Waals surface area contributed by atoms with Gasteiger partial charge in [0.25, 0.3) is 0 Å². The van der Waals surface area contributed by atoms with Crippen molar-refractivity contribution in [2.24, 2.45) is 5.92 Å². The van der Waals surface area contributed by atoms with Gasteiger partial charge in [0.15, 0.2) is 0 Å². The number of amides is 1. The maximum atomic E-state index is 12.1. The molecule has 0 spiro atoms. The molecule has 1 atom stereocenters. The number of nitrogens with one attached hydrogen (secondary N) is 1. The van der Waals surface area contributed by atoms with Crippen LogP contribution in [0, 0.1) is 5.92 Å². The van der Waals surface area contributed by atoms with Crippen LogP contribution in [0.1, 0.15) is 31.7 Å². The highest BCUT2D eigenvalue weighted by Crippen LogP contribution is 2.24. The lowest BCUT2D eigenvalue weighted by Crippen LogP contribution is -2.42. The first-order chi connectivity index (χ1) is 10.1. The van der Waals surface area contributed by atoms with Crippen molar-refractivity contribution >= 4 is 29.1 Å². The topological polar surface area (TPSA) is 32.3 Å². The summed E-state index contributed by atoms with van der Waals surface area (Å²) in [7, 11) is 0.